The molecular weight excluding hydrogens is 569 g/mol. The number of hydrogen-bond donors (Lipinski definition) is 1. The van der Waals surface area contributed by atoms with E-state index in [9.17, 15) is 18.0 Å². The quantitative estimate of drug-likeness (QED) is 0.252. The van der Waals surface area contributed by atoms with E-state index in [1.165, 1.54) is 17.0 Å². The monoisotopic (exact) mass is 603 g/mol. The summed E-state index contributed by atoms with van der Waals surface area (Å²) >= 11 is 12.3. The van der Waals surface area contributed by atoms with Gasteiger partial charge in [-0.15, -0.1) is 0 Å². The van der Waals surface area contributed by atoms with Crippen LogP contribution in [0.1, 0.15) is 43.4 Å². The molecule has 0 aliphatic carbocycles. The van der Waals surface area contributed by atoms with E-state index in [1.807, 2.05) is 26.8 Å². The Balaban J connectivity index is 2.04. The molecule has 3 aromatic rings. The van der Waals surface area contributed by atoms with Gasteiger partial charge in [0.25, 0.3) is 10.0 Å². The fourth-order valence-electron chi connectivity index (χ4n) is 4.19. The Labute approximate surface area is 247 Å². The molecule has 3 aromatic carbocycles. The maximum atomic E-state index is 14.0. The topological polar surface area (TPSA) is 86.8 Å². The number of unbranched alkanes of at least 4 members (excludes halogenated alkanes) is 1. The molecule has 40 heavy (non-hydrogen) atoms. The molecule has 0 unspecified atom stereocenters. The third-order valence-corrected chi connectivity index (χ3v) is 9.30. The molecule has 214 valence electrons. The Hall–Kier alpha value is -3.07. The Morgan fingerprint density at radius 1 is 0.950 bits per heavy atom. The van der Waals surface area contributed by atoms with Crippen LogP contribution in [0.15, 0.2) is 71.6 Å². The molecule has 0 aromatic heterocycles. The maximum Gasteiger partial charge on any atom is 0.264 e. The summed E-state index contributed by atoms with van der Waals surface area (Å²) in [6.45, 7) is 7.35. The smallest absolute Gasteiger partial charge is 0.264 e. The highest BCUT2D eigenvalue weighted by Crippen LogP contribution is 2.29. The molecule has 0 saturated carbocycles. The number of carbonyl (C=O) groups excluding carboxylic acids is 2. The Morgan fingerprint density at radius 3 is 2.30 bits per heavy atom. The van der Waals surface area contributed by atoms with E-state index < -0.39 is 28.5 Å². The number of aryl methyl sites for hydroxylation is 1. The van der Waals surface area contributed by atoms with Crippen LogP contribution in [0.4, 0.5) is 5.69 Å². The molecule has 0 aliphatic rings. The van der Waals surface area contributed by atoms with Gasteiger partial charge in [-0.1, -0.05) is 72.9 Å². The first-order valence-electron chi connectivity index (χ1n) is 13.1. The van der Waals surface area contributed by atoms with Crippen molar-refractivity contribution in [1.82, 2.24) is 10.2 Å². The highest BCUT2D eigenvalue weighted by molar-refractivity contribution is 7.92. The number of sulfonamides is 1. The second-order valence-corrected chi connectivity index (χ2v) is 12.3. The maximum absolute atomic E-state index is 14.0. The lowest BCUT2D eigenvalue weighted by Crippen LogP contribution is -2.51. The van der Waals surface area contributed by atoms with Crippen LogP contribution in [0.3, 0.4) is 0 Å². The number of rotatable bonds is 12. The van der Waals surface area contributed by atoms with Crippen LogP contribution in [0.5, 0.6) is 0 Å². The van der Waals surface area contributed by atoms with E-state index in [-0.39, 0.29) is 17.3 Å². The van der Waals surface area contributed by atoms with Gasteiger partial charge in [-0.05, 0) is 74.2 Å². The molecule has 2 amide bonds. The lowest BCUT2D eigenvalue weighted by atomic mass is 10.1. The van der Waals surface area contributed by atoms with Gasteiger partial charge < -0.3 is 10.2 Å². The van der Waals surface area contributed by atoms with Crippen molar-refractivity contribution in [2.45, 2.75) is 58.0 Å². The van der Waals surface area contributed by atoms with Gasteiger partial charge in [-0.3, -0.25) is 13.9 Å². The van der Waals surface area contributed by atoms with E-state index >= 15 is 0 Å². The van der Waals surface area contributed by atoms with E-state index in [2.05, 4.69) is 5.32 Å². The van der Waals surface area contributed by atoms with Crippen molar-refractivity contribution in [2.75, 3.05) is 17.4 Å². The van der Waals surface area contributed by atoms with Gasteiger partial charge in [-0.25, -0.2) is 8.42 Å². The molecule has 3 rings (SSSR count). The van der Waals surface area contributed by atoms with Crippen LogP contribution in [0.25, 0.3) is 0 Å². The van der Waals surface area contributed by atoms with Crippen LogP contribution in [0, 0.1) is 13.8 Å². The highest BCUT2D eigenvalue weighted by atomic mass is 35.5. The summed E-state index contributed by atoms with van der Waals surface area (Å²) in [6.07, 6.45) is 1.71. The van der Waals surface area contributed by atoms with Crippen LogP contribution in [-0.4, -0.2) is 44.3 Å². The summed E-state index contributed by atoms with van der Waals surface area (Å²) in [5.74, 6) is -0.865. The van der Waals surface area contributed by atoms with E-state index in [0.29, 0.717) is 27.8 Å². The van der Waals surface area contributed by atoms with Crippen LogP contribution < -0.4 is 9.62 Å². The lowest BCUT2D eigenvalue weighted by molar-refractivity contribution is -0.139. The normalized spacial score (nSPS) is 12.1. The summed E-state index contributed by atoms with van der Waals surface area (Å²) in [4.78, 5) is 28.5. The number of carbonyl (C=O) groups is 2. The molecule has 1 N–H and O–H groups in total. The van der Waals surface area contributed by atoms with Crippen molar-refractivity contribution in [1.29, 1.82) is 0 Å². The highest BCUT2D eigenvalue weighted by Gasteiger charge is 2.33. The number of nitrogens with zero attached hydrogens (tertiary/aromatic N) is 2. The minimum Gasteiger partial charge on any atom is -0.354 e. The minimum atomic E-state index is -4.12. The third-order valence-electron chi connectivity index (χ3n) is 6.79. The molecule has 0 radical (unpaired) electrons. The summed E-state index contributed by atoms with van der Waals surface area (Å²) in [5.41, 5.74) is 2.66. The Kier molecular flexibility index (Phi) is 11.0. The van der Waals surface area contributed by atoms with Gasteiger partial charge in [0.1, 0.15) is 12.6 Å². The number of benzene rings is 3. The van der Waals surface area contributed by atoms with Gasteiger partial charge in [0.15, 0.2) is 0 Å². The number of amides is 2. The fourth-order valence-corrected chi connectivity index (χ4v) is 6.01. The standard InChI is InChI=1S/C30H35Cl2N3O4S/c1-5-6-17-33-30(37)23(4)34(19-24-15-16-26(31)27(32)18-24)29(36)20-35(28-14-10-11-21(2)22(28)3)40(38,39)25-12-8-7-9-13-25/h7-16,18,23H,5-6,17,19-20H2,1-4H3,(H,33,37)/t23-/m0/s1. The van der Waals surface area contributed by atoms with E-state index in [4.69, 9.17) is 23.2 Å². The molecule has 1 atom stereocenters. The zero-order valence-corrected chi connectivity index (χ0v) is 25.5. The molecule has 7 nitrogen and oxygen atoms in total. The first-order valence-corrected chi connectivity index (χ1v) is 15.3. The van der Waals surface area contributed by atoms with Crippen LogP contribution in [-0.2, 0) is 26.2 Å². The lowest BCUT2D eigenvalue weighted by Gasteiger charge is -2.32. The van der Waals surface area contributed by atoms with E-state index in [1.54, 1.807) is 55.5 Å². The SMILES string of the molecule is CCCCNC(=O)[C@H](C)N(Cc1ccc(Cl)c(Cl)c1)C(=O)CN(c1cccc(C)c1C)S(=O)(=O)c1ccccc1. The first-order chi connectivity index (χ1) is 19.0. The van der Waals surface area contributed by atoms with Crippen molar-refractivity contribution in [3.8, 4) is 0 Å². The van der Waals surface area contributed by atoms with Crippen molar-refractivity contribution in [3.63, 3.8) is 0 Å². The van der Waals surface area contributed by atoms with Gasteiger partial charge in [0.05, 0.1) is 20.6 Å². The second-order valence-electron chi connectivity index (χ2n) is 9.63. The summed E-state index contributed by atoms with van der Waals surface area (Å²) in [6, 6.07) is 17.4. The fraction of sp³-hybridized carbons (Fsp3) is 0.333. The third kappa shape index (κ3) is 7.56. The first kappa shape index (κ1) is 31.5. The van der Waals surface area contributed by atoms with Crippen molar-refractivity contribution < 1.29 is 18.0 Å². The van der Waals surface area contributed by atoms with Gasteiger partial charge in [0, 0.05) is 13.1 Å². The average Bonchev–Trinajstić information content (AvgIpc) is 2.94. The molecule has 0 bridgehead atoms. The van der Waals surface area contributed by atoms with Crippen LogP contribution in [0.2, 0.25) is 10.0 Å². The number of anilines is 1. The number of hydrogen-bond acceptors (Lipinski definition) is 4. The summed E-state index contributed by atoms with van der Waals surface area (Å²) in [5, 5.41) is 3.55. The van der Waals surface area contributed by atoms with Crippen molar-refractivity contribution in [3.05, 3.63) is 93.5 Å². The van der Waals surface area contributed by atoms with Crippen LogP contribution >= 0.6 is 23.2 Å². The second kappa shape index (κ2) is 14.0. The molecular formula is C30H35Cl2N3O4S. The van der Waals surface area contributed by atoms with Gasteiger partial charge >= 0.3 is 0 Å². The zero-order valence-electron chi connectivity index (χ0n) is 23.2. The average molecular weight is 605 g/mol. The number of halogens is 2. The zero-order chi connectivity index (χ0) is 29.4. The molecule has 0 saturated heterocycles. The Bertz CT molecular complexity index is 1450. The molecule has 10 heteroatoms. The molecule has 0 heterocycles. The number of nitrogens with one attached hydrogen (secondary N) is 1. The predicted octanol–water partition coefficient (Wildman–Crippen LogP) is 6.14. The predicted molar refractivity (Wildman–Crippen MR) is 161 cm³/mol. The summed E-state index contributed by atoms with van der Waals surface area (Å²) in [7, 11) is -4.12. The van der Waals surface area contributed by atoms with Gasteiger partial charge in [0.2, 0.25) is 11.8 Å². The Morgan fingerprint density at radius 2 is 1.65 bits per heavy atom. The van der Waals surface area contributed by atoms with Crippen molar-refractivity contribution >= 4 is 50.7 Å². The molecule has 0 spiro atoms. The van der Waals surface area contributed by atoms with Gasteiger partial charge in [-0.2, -0.15) is 0 Å². The molecule has 0 fully saturated rings. The summed E-state index contributed by atoms with van der Waals surface area (Å²) < 4.78 is 29.0. The molecule has 0 aliphatic heterocycles. The van der Waals surface area contributed by atoms with E-state index in [0.717, 1.165) is 28.3 Å². The van der Waals surface area contributed by atoms with Crippen molar-refractivity contribution in [2.24, 2.45) is 0 Å². The largest absolute Gasteiger partial charge is 0.354 e. The minimum absolute atomic E-state index is 0.0319.